The van der Waals surface area contributed by atoms with Crippen molar-refractivity contribution in [3.63, 3.8) is 0 Å². The number of aliphatic hydroxyl groups is 2. The lowest BCUT2D eigenvalue weighted by Crippen LogP contribution is -2.52. The second kappa shape index (κ2) is 10.8. The summed E-state index contributed by atoms with van der Waals surface area (Å²) in [5.74, 6) is 0. The Morgan fingerprint density at radius 2 is 1.66 bits per heavy atom. The molecule has 0 spiro atoms. The number of aromatic nitrogens is 2. The van der Waals surface area contributed by atoms with Crippen LogP contribution in [0.1, 0.15) is 5.56 Å². The second-order valence-electron chi connectivity index (χ2n) is 7.24. The molecule has 2 unspecified atom stereocenters. The Labute approximate surface area is 208 Å². The molecule has 1 aliphatic heterocycles. The Bertz CT molecular complexity index is 1440. The molecule has 0 amide bonds. The van der Waals surface area contributed by atoms with Crippen molar-refractivity contribution >= 4 is 33.6 Å². The van der Waals surface area contributed by atoms with E-state index in [1.165, 1.54) is 0 Å². The third-order valence-corrected chi connectivity index (χ3v) is 6.59. The fraction of sp³-hybridized carbons (Fsp3) is 0.333. The van der Waals surface area contributed by atoms with Gasteiger partial charge in [0.1, 0.15) is 24.9 Å². The van der Waals surface area contributed by atoms with Gasteiger partial charge in [-0.2, -0.15) is 0 Å². The van der Waals surface area contributed by atoms with Crippen molar-refractivity contribution in [3.05, 3.63) is 81.1 Å². The van der Waals surface area contributed by atoms with E-state index in [4.69, 9.17) is 9.63 Å². The van der Waals surface area contributed by atoms with Crippen LogP contribution in [0.5, 0.6) is 0 Å². The van der Waals surface area contributed by atoms with Gasteiger partial charge in [-0.05, 0) is 0 Å². The van der Waals surface area contributed by atoms with Gasteiger partial charge in [-0.15, -0.1) is 9.42 Å². The molecule has 2 heterocycles. The van der Waals surface area contributed by atoms with E-state index in [9.17, 15) is 59.3 Å². The fourth-order valence-corrected chi connectivity index (χ4v) is 4.63. The molecule has 1 saturated heterocycles. The molecule has 6 atom stereocenters. The highest BCUT2D eigenvalue weighted by Crippen LogP contribution is 2.49. The van der Waals surface area contributed by atoms with Gasteiger partial charge in [0.05, 0.1) is 26.9 Å². The van der Waals surface area contributed by atoms with Gasteiger partial charge in [0.25, 0.3) is 22.6 Å². The van der Waals surface area contributed by atoms with E-state index in [2.05, 4.69) is 8.83 Å². The number of rotatable bonds is 10. The Morgan fingerprint density at radius 3 is 2.13 bits per heavy atom. The number of aliphatic hydroxyl groups excluding tert-OH is 2. The van der Waals surface area contributed by atoms with Crippen molar-refractivity contribution in [2.75, 3.05) is 6.61 Å². The number of hydrogen-bond donors (Lipinski definition) is 4. The molecule has 3 rings (SSSR count). The number of nitro benzene ring substituents is 3. The third-order valence-electron chi connectivity index (χ3n) is 5.14. The zero-order chi connectivity index (χ0) is 28.5. The molecule has 0 aliphatic carbocycles. The van der Waals surface area contributed by atoms with E-state index in [0.717, 1.165) is 0 Å². The lowest BCUT2D eigenvalue weighted by Gasteiger charge is -2.33. The molecule has 4 N–H and O–H groups in total. The van der Waals surface area contributed by atoms with Crippen LogP contribution in [-0.2, 0) is 28.4 Å². The topological polar surface area (TPSA) is 307 Å². The summed E-state index contributed by atoms with van der Waals surface area (Å²) in [5.41, 5.74) is -10.8. The number of hydrogen-bond acceptors (Lipinski definition) is 15. The highest BCUT2D eigenvalue weighted by atomic mass is 31.2. The summed E-state index contributed by atoms with van der Waals surface area (Å²) in [6.07, 6.45) is -6.06. The summed E-state index contributed by atoms with van der Waals surface area (Å²) < 4.78 is 36.6. The van der Waals surface area contributed by atoms with Crippen LogP contribution in [0.3, 0.4) is 0 Å². The zero-order valence-corrected chi connectivity index (χ0v) is 19.9. The second-order valence-corrected chi connectivity index (χ2v) is 9.07. The molecule has 21 nitrogen and oxygen atoms in total. The predicted octanol–water partition coefficient (Wildman–Crippen LogP) is -0.577. The molecular weight excluding hydrogens is 568 g/mol. The molecule has 1 aliphatic rings. The van der Waals surface area contributed by atoms with Crippen molar-refractivity contribution in [1.29, 1.82) is 0 Å². The molecule has 1 aromatic carbocycles. The smallest absolute Gasteiger partial charge is 0.387 e. The average molecular weight is 581 g/mol. The first-order valence-electron chi connectivity index (χ1n) is 9.63. The lowest BCUT2D eigenvalue weighted by molar-refractivity contribution is -0.406. The summed E-state index contributed by atoms with van der Waals surface area (Å²) in [7, 11) is -6.74. The Hall–Kier alpha value is -3.94. The van der Waals surface area contributed by atoms with Crippen LogP contribution in [0.2, 0.25) is 0 Å². The molecule has 0 saturated carbocycles. The van der Waals surface area contributed by atoms with Crippen LogP contribution in [-0.4, -0.2) is 64.3 Å². The van der Waals surface area contributed by atoms with Crippen LogP contribution < -0.4 is 11.2 Å². The van der Waals surface area contributed by atoms with Gasteiger partial charge in [0, 0.05) is 21.4 Å². The number of aromatic amines is 1. The third kappa shape index (κ3) is 5.21. The van der Waals surface area contributed by atoms with E-state index in [-0.39, 0.29) is 16.7 Å². The van der Waals surface area contributed by atoms with Crippen molar-refractivity contribution in [1.82, 2.24) is 9.55 Å². The summed E-state index contributed by atoms with van der Waals surface area (Å²) in [6, 6.07) is 1.20. The summed E-state index contributed by atoms with van der Waals surface area (Å²) in [5, 5.41) is 56.7. The van der Waals surface area contributed by atoms with Crippen LogP contribution in [0.15, 0.2) is 34.0 Å². The number of nitro groups is 3. The highest BCUT2D eigenvalue weighted by Gasteiger charge is 2.63. The van der Waals surface area contributed by atoms with Crippen molar-refractivity contribution in [2.45, 2.75) is 24.0 Å². The zero-order valence-electron chi connectivity index (χ0n) is 18.1. The largest absolute Gasteiger partial charge is 0.747 e. The standard InChI is InChI=1S/C15H11N5O16P2/c21-10-1-2-17(14(24)16-10)15(13(23)12(22)9(35-15)5-34-38(33)36-37(31)32)11-7(19(27)28)3-6(18(25)26)4-8(11)20(29)30/h1-4,9,12-13,22-23H,5H2/p+2/t9-,12-,13-,15-/m1/s1. The van der Waals surface area contributed by atoms with Gasteiger partial charge in [-0.25, -0.2) is 4.79 Å². The number of nitrogens with one attached hydrogen (secondary N) is 1. The van der Waals surface area contributed by atoms with Crippen LogP contribution in [0.4, 0.5) is 17.1 Å². The number of non-ortho nitro benzene ring substituents is 1. The van der Waals surface area contributed by atoms with Gasteiger partial charge in [-0.1, -0.05) is 0 Å². The fourth-order valence-electron chi connectivity index (χ4n) is 3.72. The van der Waals surface area contributed by atoms with Gasteiger partial charge in [0.2, 0.25) is 5.72 Å². The molecule has 0 radical (unpaired) electrons. The monoisotopic (exact) mass is 581 g/mol. The summed E-state index contributed by atoms with van der Waals surface area (Å²) >= 11 is 0. The predicted molar refractivity (Wildman–Crippen MR) is 116 cm³/mol. The Morgan fingerprint density at radius 1 is 1.08 bits per heavy atom. The Balaban J connectivity index is 2.36. The summed E-state index contributed by atoms with van der Waals surface area (Å²) in [4.78, 5) is 66.0. The molecule has 1 aromatic heterocycles. The van der Waals surface area contributed by atoms with Crippen molar-refractivity contribution < 1.29 is 52.6 Å². The molecule has 1 fully saturated rings. The van der Waals surface area contributed by atoms with Gasteiger partial charge in [0.15, 0.2) is 9.87 Å². The van der Waals surface area contributed by atoms with Gasteiger partial charge in [-0.3, -0.25) is 44.7 Å². The average Bonchev–Trinajstić information content (AvgIpc) is 3.07. The van der Waals surface area contributed by atoms with Crippen LogP contribution in [0, 0.1) is 30.3 Å². The molecular formula is C15H13N5O16P2+2. The van der Waals surface area contributed by atoms with Crippen LogP contribution >= 0.6 is 16.5 Å². The maximum Gasteiger partial charge on any atom is 0.747 e. The first-order valence-corrected chi connectivity index (χ1v) is 11.9. The minimum absolute atomic E-state index is 0.255. The number of ether oxygens (including phenoxy) is 1. The first-order chi connectivity index (χ1) is 17.7. The number of nitrogens with zero attached hydrogens (tertiary/aromatic N) is 4. The van der Waals surface area contributed by atoms with Crippen molar-refractivity contribution in [3.8, 4) is 0 Å². The highest BCUT2D eigenvalue weighted by molar-refractivity contribution is 7.47. The first kappa shape index (κ1) is 28.6. The molecule has 38 heavy (non-hydrogen) atoms. The minimum Gasteiger partial charge on any atom is -0.387 e. The Kier molecular flexibility index (Phi) is 8.15. The van der Waals surface area contributed by atoms with Gasteiger partial charge >= 0.3 is 22.2 Å². The van der Waals surface area contributed by atoms with Crippen molar-refractivity contribution in [2.24, 2.45) is 0 Å². The van der Waals surface area contributed by atoms with E-state index < -0.39 is 95.8 Å². The van der Waals surface area contributed by atoms with Gasteiger partial charge < -0.3 is 14.9 Å². The van der Waals surface area contributed by atoms with Crippen LogP contribution in [0.25, 0.3) is 0 Å². The van der Waals surface area contributed by atoms with E-state index in [1.807, 2.05) is 0 Å². The summed E-state index contributed by atoms with van der Waals surface area (Å²) in [6.45, 7) is -1.05. The maximum atomic E-state index is 12.7. The van der Waals surface area contributed by atoms with E-state index in [1.54, 1.807) is 4.98 Å². The number of H-pyrrole nitrogens is 1. The molecule has 23 heteroatoms. The maximum absolute atomic E-state index is 12.7. The lowest BCUT2D eigenvalue weighted by atomic mass is 9.91. The van der Waals surface area contributed by atoms with E-state index in [0.29, 0.717) is 12.3 Å². The normalized spacial score (nSPS) is 23.6. The minimum atomic E-state index is -3.41. The molecule has 2 aromatic rings. The molecule has 202 valence electrons. The molecule has 0 bridgehead atoms. The SMILES string of the molecule is O=c1ccn([C@]2(c3c([N+](=O)[O-])cc([N+](=O)[O-])cc3[N+](=O)[O-])O[C@H](CO[P+](=O)O[P+](=O)O)[C@@H](O)[C@H]2O)c(=O)[nH]1. The quantitative estimate of drug-likeness (QED) is 0.155. The number of benzene rings is 1. The van der Waals surface area contributed by atoms with E-state index >= 15 is 0 Å².